The van der Waals surface area contributed by atoms with Gasteiger partial charge in [-0.15, -0.1) is 0 Å². The predicted molar refractivity (Wildman–Crippen MR) is 124 cm³/mol. The maximum atomic E-state index is 13.6. The van der Waals surface area contributed by atoms with E-state index in [0.29, 0.717) is 0 Å². The van der Waals surface area contributed by atoms with Crippen molar-refractivity contribution in [2.45, 2.75) is 11.8 Å². The Morgan fingerprint density at radius 1 is 0.943 bits per heavy atom. The normalized spacial score (nSPS) is 23.9. The molecule has 2 bridgehead atoms. The lowest BCUT2D eigenvalue weighted by molar-refractivity contribution is -0.385. The lowest BCUT2D eigenvalue weighted by Crippen LogP contribution is -2.41. The number of aromatic hydroxyl groups is 1. The van der Waals surface area contributed by atoms with Crippen molar-refractivity contribution in [3.05, 3.63) is 98.6 Å². The van der Waals surface area contributed by atoms with E-state index in [9.17, 15) is 24.8 Å². The Kier molecular flexibility index (Phi) is 4.50. The second kappa shape index (κ2) is 7.49. The van der Waals surface area contributed by atoms with Gasteiger partial charge in [-0.05, 0) is 28.3 Å². The number of imide groups is 1. The van der Waals surface area contributed by atoms with Crippen LogP contribution in [0, 0.1) is 22.0 Å². The molecule has 1 N–H and O–H groups in total. The smallest absolute Gasteiger partial charge is 0.315 e. The van der Waals surface area contributed by atoms with Crippen LogP contribution < -0.4 is 4.74 Å². The fourth-order valence-electron chi connectivity index (χ4n) is 5.87. The molecule has 0 radical (unpaired) electrons. The van der Waals surface area contributed by atoms with Crippen LogP contribution in [0.4, 0.5) is 5.69 Å². The van der Waals surface area contributed by atoms with E-state index >= 15 is 0 Å². The molecule has 3 aromatic rings. The summed E-state index contributed by atoms with van der Waals surface area (Å²) in [4.78, 5) is 37.7. The molecule has 1 aliphatic heterocycles. The van der Waals surface area contributed by atoms with Crippen LogP contribution in [0.15, 0.2) is 65.8 Å². The summed E-state index contributed by atoms with van der Waals surface area (Å²) in [6, 6.07) is 18.2. The number of rotatable bonds is 4. The van der Waals surface area contributed by atoms with Gasteiger partial charge in [-0.25, -0.2) is 0 Å². The third kappa shape index (κ3) is 2.84. The van der Waals surface area contributed by atoms with E-state index in [0.717, 1.165) is 39.5 Å². The molecule has 0 unspecified atom stereocenters. The van der Waals surface area contributed by atoms with Crippen molar-refractivity contribution in [1.29, 1.82) is 0 Å². The van der Waals surface area contributed by atoms with E-state index in [1.807, 2.05) is 48.5 Å². The number of nitrogens with zero attached hydrogens (tertiary/aromatic N) is 3. The number of phenolic OH excluding ortho intramolecular Hbond substituents is 1. The molecule has 0 aromatic heterocycles. The number of hydrogen-bond acceptors (Lipinski definition) is 7. The highest BCUT2D eigenvalue weighted by Gasteiger charge is 2.61. The van der Waals surface area contributed by atoms with E-state index in [4.69, 9.17) is 4.74 Å². The maximum absolute atomic E-state index is 13.6. The zero-order valence-electron chi connectivity index (χ0n) is 18.5. The summed E-state index contributed by atoms with van der Waals surface area (Å²) in [7, 11) is 1.33. The van der Waals surface area contributed by atoms with Gasteiger partial charge in [0.05, 0.1) is 36.1 Å². The Balaban J connectivity index is 1.43. The Bertz CT molecular complexity index is 1350. The third-order valence-electron chi connectivity index (χ3n) is 7.26. The van der Waals surface area contributed by atoms with Gasteiger partial charge in [0.25, 0.3) is 11.8 Å². The highest BCUT2D eigenvalue weighted by molar-refractivity contribution is 6.08. The molecule has 3 aliphatic carbocycles. The number of nitro groups is 1. The number of ether oxygens (including phenoxy) is 1. The van der Waals surface area contributed by atoms with E-state index in [2.05, 4.69) is 5.10 Å². The summed E-state index contributed by atoms with van der Waals surface area (Å²) < 4.78 is 5.08. The number of nitro benzene ring substituents is 1. The molecule has 0 saturated carbocycles. The Morgan fingerprint density at radius 3 is 1.86 bits per heavy atom. The number of amides is 2. The molecule has 2 atom stereocenters. The summed E-state index contributed by atoms with van der Waals surface area (Å²) in [6.07, 6.45) is 1.08. The summed E-state index contributed by atoms with van der Waals surface area (Å²) in [5.74, 6) is -3.06. The highest BCUT2D eigenvalue weighted by atomic mass is 16.6. The number of methoxy groups -OCH3 is 1. The lowest BCUT2D eigenvalue weighted by atomic mass is 9.55. The van der Waals surface area contributed by atoms with Gasteiger partial charge in [0.15, 0.2) is 0 Å². The molecule has 4 aliphatic rings. The fourth-order valence-corrected chi connectivity index (χ4v) is 5.87. The summed E-state index contributed by atoms with van der Waals surface area (Å²) in [5.41, 5.74) is 3.58. The topological polar surface area (TPSA) is 122 Å². The van der Waals surface area contributed by atoms with Gasteiger partial charge in [-0.1, -0.05) is 48.5 Å². The lowest BCUT2D eigenvalue weighted by Gasteiger charge is -2.45. The second-order valence-electron chi connectivity index (χ2n) is 8.84. The first-order valence-electron chi connectivity index (χ1n) is 11.1. The quantitative estimate of drug-likeness (QED) is 0.270. The van der Waals surface area contributed by atoms with Crippen LogP contribution in [0.5, 0.6) is 11.5 Å². The van der Waals surface area contributed by atoms with Gasteiger partial charge in [-0.2, -0.15) is 10.1 Å². The van der Waals surface area contributed by atoms with Crippen molar-refractivity contribution in [2.24, 2.45) is 16.9 Å². The zero-order chi connectivity index (χ0) is 24.4. The van der Waals surface area contributed by atoms with Gasteiger partial charge in [0, 0.05) is 17.4 Å². The number of benzene rings is 3. The largest absolute Gasteiger partial charge is 0.502 e. The average molecular weight is 469 g/mol. The summed E-state index contributed by atoms with van der Waals surface area (Å²) in [6.45, 7) is 0. The molecule has 174 valence electrons. The van der Waals surface area contributed by atoms with Crippen LogP contribution >= 0.6 is 0 Å². The van der Waals surface area contributed by atoms with Crippen LogP contribution in [-0.2, 0) is 9.59 Å². The highest BCUT2D eigenvalue weighted by Crippen LogP contribution is 2.61. The van der Waals surface area contributed by atoms with E-state index in [-0.39, 0.29) is 23.1 Å². The third-order valence-corrected chi connectivity index (χ3v) is 7.26. The van der Waals surface area contributed by atoms with Gasteiger partial charge >= 0.3 is 5.69 Å². The average Bonchev–Trinajstić information content (AvgIpc) is 3.13. The molecule has 2 amide bonds. The van der Waals surface area contributed by atoms with Crippen LogP contribution in [0.1, 0.15) is 39.7 Å². The zero-order valence-corrected chi connectivity index (χ0v) is 18.5. The van der Waals surface area contributed by atoms with Gasteiger partial charge in [-0.3, -0.25) is 19.7 Å². The van der Waals surface area contributed by atoms with Crippen molar-refractivity contribution in [3.63, 3.8) is 0 Å². The monoisotopic (exact) mass is 469 g/mol. The minimum Gasteiger partial charge on any atom is -0.502 e. The Hall–Kier alpha value is -4.53. The number of carbonyl (C=O) groups excluding carboxylic acids is 2. The number of hydrazone groups is 1. The first-order chi connectivity index (χ1) is 16.9. The van der Waals surface area contributed by atoms with Gasteiger partial charge in [0.1, 0.15) is 5.75 Å². The Morgan fingerprint density at radius 2 is 1.43 bits per heavy atom. The van der Waals surface area contributed by atoms with Crippen LogP contribution in [0.3, 0.4) is 0 Å². The standard InChI is InChI=1S/C26H19N3O6/c1-35-14-10-13(24(30)19(11-14)29(33)34)12-27-28-25(31)22-20-15-6-2-3-7-16(15)21(23(22)26(28)32)18-9-5-4-8-17(18)20/h2-12,20-23,30H,1H3/b27-12-/t20?,21?,22-,23+. The first-order valence-corrected chi connectivity index (χ1v) is 11.1. The second-order valence-corrected chi connectivity index (χ2v) is 8.84. The predicted octanol–water partition coefficient (Wildman–Crippen LogP) is 3.54. The van der Waals surface area contributed by atoms with Crippen molar-refractivity contribution in [3.8, 4) is 11.5 Å². The maximum Gasteiger partial charge on any atom is 0.315 e. The van der Waals surface area contributed by atoms with Crippen molar-refractivity contribution in [2.75, 3.05) is 7.11 Å². The Labute approximate surface area is 199 Å². The molecule has 7 rings (SSSR count). The molecule has 35 heavy (non-hydrogen) atoms. The number of hydrogen-bond donors (Lipinski definition) is 1. The molecule has 9 nitrogen and oxygen atoms in total. The van der Waals surface area contributed by atoms with Crippen LogP contribution in [-0.4, -0.2) is 40.2 Å². The molecule has 3 aromatic carbocycles. The van der Waals surface area contributed by atoms with Crippen LogP contribution in [0.2, 0.25) is 0 Å². The van der Waals surface area contributed by atoms with Gasteiger partial charge < -0.3 is 9.84 Å². The number of phenols is 1. The fraction of sp³-hybridized carbons (Fsp3) is 0.192. The van der Waals surface area contributed by atoms with E-state index in [1.165, 1.54) is 13.2 Å². The van der Waals surface area contributed by atoms with Crippen molar-refractivity contribution in [1.82, 2.24) is 5.01 Å². The molecule has 9 heteroatoms. The molecule has 1 heterocycles. The van der Waals surface area contributed by atoms with Crippen molar-refractivity contribution < 1.29 is 24.4 Å². The summed E-state index contributed by atoms with van der Waals surface area (Å²) in [5, 5.41) is 26.6. The number of carbonyl (C=O) groups is 2. The molecular formula is C26H19N3O6. The minimum atomic E-state index is -0.748. The van der Waals surface area contributed by atoms with Gasteiger partial charge in [0.2, 0.25) is 5.75 Å². The first kappa shape index (κ1) is 21.0. The van der Waals surface area contributed by atoms with E-state index < -0.39 is 40.0 Å². The van der Waals surface area contributed by atoms with Crippen molar-refractivity contribution >= 4 is 23.7 Å². The van der Waals surface area contributed by atoms with E-state index in [1.54, 1.807) is 0 Å². The SMILES string of the molecule is COc1cc(/C=N\N2C(=O)[C@@H]3C4c5ccccc5C(c5ccccc54)[C@@H]3C2=O)c(O)c([N+](=O)[O-])c1. The minimum absolute atomic E-state index is 0.0407. The molecule has 0 spiro atoms. The molecular weight excluding hydrogens is 450 g/mol. The molecule has 1 fully saturated rings. The van der Waals surface area contributed by atoms with Crippen LogP contribution in [0.25, 0.3) is 0 Å². The summed E-state index contributed by atoms with van der Waals surface area (Å²) >= 11 is 0. The molecule has 1 saturated heterocycles.